The summed E-state index contributed by atoms with van der Waals surface area (Å²) in [6.45, 7) is 3.69. The van der Waals surface area contributed by atoms with Crippen molar-refractivity contribution in [3.05, 3.63) is 59.4 Å². The average Bonchev–Trinajstić information content (AvgIpc) is 3.07. The highest BCUT2D eigenvalue weighted by Crippen LogP contribution is 2.25. The van der Waals surface area contributed by atoms with Gasteiger partial charge < -0.3 is 9.47 Å². The van der Waals surface area contributed by atoms with Gasteiger partial charge in [0.05, 0.1) is 11.7 Å². The van der Waals surface area contributed by atoms with Crippen LogP contribution in [0.1, 0.15) is 24.2 Å². The van der Waals surface area contributed by atoms with Gasteiger partial charge in [0.25, 0.3) is 5.91 Å². The summed E-state index contributed by atoms with van der Waals surface area (Å²) in [7, 11) is 0. The summed E-state index contributed by atoms with van der Waals surface area (Å²) in [4.78, 5) is 20.7. The zero-order chi connectivity index (χ0) is 18.5. The van der Waals surface area contributed by atoms with Crippen LogP contribution in [0, 0.1) is 5.82 Å². The number of carbonyl (C=O) groups excluding carboxylic acids is 1. The lowest BCUT2D eigenvalue weighted by atomic mass is 10.2. The van der Waals surface area contributed by atoms with Gasteiger partial charge in [-0.15, -0.1) is 11.3 Å². The molecule has 0 saturated carbocycles. The third-order valence-electron chi connectivity index (χ3n) is 3.07. The van der Waals surface area contributed by atoms with Gasteiger partial charge in [-0.3, -0.25) is 10.1 Å². The molecule has 2 heterocycles. The second kappa shape index (κ2) is 7.92. The molecule has 0 radical (unpaired) electrons. The topological polar surface area (TPSA) is 73.3 Å². The lowest BCUT2D eigenvalue weighted by molar-refractivity contribution is 0.102. The quantitative estimate of drug-likeness (QED) is 0.688. The molecule has 0 spiro atoms. The average molecular weight is 373 g/mol. The van der Waals surface area contributed by atoms with E-state index in [0.29, 0.717) is 5.13 Å². The van der Waals surface area contributed by atoms with Gasteiger partial charge in [-0.2, -0.15) is 4.98 Å². The first-order valence-corrected chi connectivity index (χ1v) is 8.70. The predicted molar refractivity (Wildman–Crippen MR) is 96.5 cm³/mol. The molecule has 6 nitrogen and oxygen atoms in total. The lowest BCUT2D eigenvalue weighted by Crippen LogP contribution is -2.14. The van der Waals surface area contributed by atoms with Gasteiger partial charge in [-0.05, 0) is 26.0 Å². The lowest BCUT2D eigenvalue weighted by Gasteiger charge is -2.12. The number of hydrogen-bond acceptors (Lipinski definition) is 6. The molecule has 0 bridgehead atoms. The van der Waals surface area contributed by atoms with Crippen LogP contribution in [-0.2, 0) is 0 Å². The highest BCUT2D eigenvalue weighted by atomic mass is 32.1. The number of hydrogen-bond donors (Lipinski definition) is 1. The first kappa shape index (κ1) is 17.8. The van der Waals surface area contributed by atoms with Crippen LogP contribution in [0.2, 0.25) is 0 Å². The second-order valence-corrected chi connectivity index (χ2v) is 6.44. The van der Waals surface area contributed by atoms with Crippen LogP contribution < -0.4 is 14.8 Å². The summed E-state index contributed by atoms with van der Waals surface area (Å²) in [5, 5.41) is 4.92. The second-order valence-electron chi connectivity index (χ2n) is 5.55. The molecule has 134 valence electrons. The molecule has 0 saturated heterocycles. The molecular formula is C18H16FN3O3S. The van der Waals surface area contributed by atoms with Crippen LogP contribution in [0.25, 0.3) is 0 Å². The normalized spacial score (nSPS) is 10.6. The van der Waals surface area contributed by atoms with Crippen molar-refractivity contribution in [1.29, 1.82) is 0 Å². The first-order valence-electron chi connectivity index (χ1n) is 7.82. The van der Waals surface area contributed by atoms with Gasteiger partial charge in [-0.1, -0.05) is 6.07 Å². The molecule has 8 heteroatoms. The van der Waals surface area contributed by atoms with Gasteiger partial charge >= 0.3 is 0 Å². The molecule has 1 N–H and O–H groups in total. The van der Waals surface area contributed by atoms with E-state index >= 15 is 0 Å². The Labute approximate surface area is 153 Å². The number of pyridine rings is 1. The van der Waals surface area contributed by atoms with Crippen LogP contribution in [0.15, 0.2) is 48.0 Å². The maximum atomic E-state index is 13.3. The van der Waals surface area contributed by atoms with E-state index in [-0.39, 0.29) is 35.1 Å². The van der Waals surface area contributed by atoms with Crippen molar-refractivity contribution in [2.75, 3.05) is 5.32 Å². The summed E-state index contributed by atoms with van der Waals surface area (Å²) < 4.78 is 24.5. The van der Waals surface area contributed by atoms with E-state index in [2.05, 4.69) is 15.3 Å². The van der Waals surface area contributed by atoms with Crippen molar-refractivity contribution in [3.8, 4) is 17.5 Å². The number of aromatic nitrogens is 2. The molecule has 0 aliphatic rings. The number of thiazole rings is 1. The number of anilines is 1. The van der Waals surface area contributed by atoms with Gasteiger partial charge in [0.2, 0.25) is 11.8 Å². The van der Waals surface area contributed by atoms with Crippen molar-refractivity contribution in [3.63, 3.8) is 0 Å². The standard InChI is InChI=1S/C18H16FN3O3S/c1-11(2)24-15-8-12(17(23)22-18-20-6-7-26-18)9-16(21-15)25-14-5-3-4-13(19)10-14/h3-11H,1-2H3,(H,20,22,23). The Morgan fingerprint density at radius 1 is 1.23 bits per heavy atom. The monoisotopic (exact) mass is 373 g/mol. The van der Waals surface area contributed by atoms with E-state index in [1.165, 1.54) is 41.7 Å². The van der Waals surface area contributed by atoms with E-state index in [9.17, 15) is 9.18 Å². The molecule has 0 aliphatic heterocycles. The molecule has 0 aliphatic carbocycles. The maximum absolute atomic E-state index is 13.3. The highest BCUT2D eigenvalue weighted by molar-refractivity contribution is 7.13. The Hall–Kier alpha value is -3.00. The Balaban J connectivity index is 1.89. The largest absolute Gasteiger partial charge is 0.475 e. The molecule has 0 atom stereocenters. The number of carbonyl (C=O) groups is 1. The number of amides is 1. The van der Waals surface area contributed by atoms with Crippen molar-refractivity contribution < 1.29 is 18.7 Å². The summed E-state index contributed by atoms with van der Waals surface area (Å²) in [5.41, 5.74) is 0.289. The van der Waals surface area contributed by atoms with Crippen LogP contribution in [0.4, 0.5) is 9.52 Å². The maximum Gasteiger partial charge on any atom is 0.257 e. The number of rotatable bonds is 6. The van der Waals surface area contributed by atoms with E-state index in [1.807, 2.05) is 13.8 Å². The molecule has 0 unspecified atom stereocenters. The van der Waals surface area contributed by atoms with Gasteiger partial charge in [0.1, 0.15) is 11.6 Å². The van der Waals surface area contributed by atoms with E-state index < -0.39 is 5.82 Å². The van der Waals surface area contributed by atoms with Crippen LogP contribution >= 0.6 is 11.3 Å². The van der Waals surface area contributed by atoms with E-state index in [1.54, 1.807) is 17.6 Å². The predicted octanol–water partition coefficient (Wildman–Crippen LogP) is 4.51. The third-order valence-corrected chi connectivity index (χ3v) is 3.76. The van der Waals surface area contributed by atoms with E-state index in [4.69, 9.17) is 9.47 Å². The number of nitrogens with zero attached hydrogens (tertiary/aromatic N) is 2. The molecule has 2 aromatic heterocycles. The number of ether oxygens (including phenoxy) is 2. The van der Waals surface area contributed by atoms with Crippen LogP contribution in [-0.4, -0.2) is 22.0 Å². The molecule has 3 rings (SSSR count). The minimum Gasteiger partial charge on any atom is -0.475 e. The Bertz CT molecular complexity index is 900. The van der Waals surface area contributed by atoms with Crippen LogP contribution in [0.5, 0.6) is 17.5 Å². The summed E-state index contributed by atoms with van der Waals surface area (Å²) >= 11 is 1.31. The van der Waals surface area contributed by atoms with Crippen molar-refractivity contribution in [2.24, 2.45) is 0 Å². The number of benzene rings is 1. The Morgan fingerprint density at radius 3 is 2.73 bits per heavy atom. The smallest absolute Gasteiger partial charge is 0.257 e. The molecule has 26 heavy (non-hydrogen) atoms. The Kier molecular flexibility index (Phi) is 5.43. The first-order chi connectivity index (χ1) is 12.5. The molecule has 0 fully saturated rings. The molecule has 1 amide bonds. The van der Waals surface area contributed by atoms with Gasteiger partial charge in [0.15, 0.2) is 5.13 Å². The molecule has 1 aromatic carbocycles. The van der Waals surface area contributed by atoms with Gasteiger partial charge in [-0.25, -0.2) is 9.37 Å². The molecule has 3 aromatic rings. The Morgan fingerprint density at radius 2 is 2.04 bits per heavy atom. The van der Waals surface area contributed by atoms with Crippen molar-refractivity contribution in [1.82, 2.24) is 9.97 Å². The SMILES string of the molecule is CC(C)Oc1cc(C(=O)Nc2nccs2)cc(Oc2cccc(F)c2)n1. The van der Waals surface area contributed by atoms with Gasteiger partial charge in [0, 0.05) is 29.8 Å². The van der Waals surface area contributed by atoms with E-state index in [0.717, 1.165) is 0 Å². The minimum absolute atomic E-state index is 0.123. The van der Waals surface area contributed by atoms with Crippen molar-refractivity contribution >= 4 is 22.4 Å². The van der Waals surface area contributed by atoms with Crippen molar-refractivity contribution in [2.45, 2.75) is 20.0 Å². The third kappa shape index (κ3) is 4.76. The number of nitrogens with one attached hydrogen (secondary N) is 1. The fraction of sp³-hybridized carbons (Fsp3) is 0.167. The molecular weight excluding hydrogens is 357 g/mol. The zero-order valence-electron chi connectivity index (χ0n) is 14.1. The zero-order valence-corrected chi connectivity index (χ0v) is 14.9. The fourth-order valence-electron chi connectivity index (χ4n) is 2.07. The van der Waals surface area contributed by atoms with Crippen LogP contribution in [0.3, 0.4) is 0 Å². The summed E-state index contributed by atoms with van der Waals surface area (Å²) in [5.74, 6) is -0.180. The minimum atomic E-state index is -0.432. The highest BCUT2D eigenvalue weighted by Gasteiger charge is 2.14. The summed E-state index contributed by atoms with van der Waals surface area (Å²) in [6, 6.07) is 8.63. The number of halogens is 1. The summed E-state index contributed by atoms with van der Waals surface area (Å²) in [6.07, 6.45) is 1.46. The fourth-order valence-corrected chi connectivity index (χ4v) is 2.60.